The van der Waals surface area contributed by atoms with Crippen LogP contribution in [0.2, 0.25) is 5.02 Å². The minimum Gasteiger partial charge on any atom is -0.307 e. The molecule has 1 amide bonds. The lowest BCUT2D eigenvalue weighted by atomic mass is 10.1. The molecule has 0 aliphatic heterocycles. The molecule has 7 nitrogen and oxygen atoms in total. The van der Waals surface area contributed by atoms with Crippen LogP contribution in [0.4, 0.5) is 11.5 Å². The van der Waals surface area contributed by atoms with Crippen LogP contribution >= 0.6 is 11.6 Å². The Kier molecular flexibility index (Phi) is 3.24. The topological polar surface area (TPSA) is 101 Å². The molecule has 0 spiro atoms. The quantitative estimate of drug-likeness (QED) is 0.657. The summed E-state index contributed by atoms with van der Waals surface area (Å²) in [6.07, 6.45) is 1.45. The Bertz CT molecular complexity index is 597. The molecule has 0 saturated heterocycles. The number of nitrogens with zero attached hydrogens (tertiary/aromatic N) is 2. The van der Waals surface area contributed by atoms with Gasteiger partial charge in [-0.2, -0.15) is 5.10 Å². The van der Waals surface area contributed by atoms with Crippen molar-refractivity contribution in [1.82, 2.24) is 10.2 Å². The van der Waals surface area contributed by atoms with Gasteiger partial charge in [0, 0.05) is 17.2 Å². The van der Waals surface area contributed by atoms with Crippen molar-refractivity contribution in [1.29, 1.82) is 0 Å². The van der Waals surface area contributed by atoms with Crippen LogP contribution in [0.1, 0.15) is 10.4 Å². The summed E-state index contributed by atoms with van der Waals surface area (Å²) < 4.78 is 0. The number of amides is 1. The summed E-state index contributed by atoms with van der Waals surface area (Å²) in [4.78, 5) is 22.0. The average Bonchev–Trinajstić information content (AvgIpc) is 2.81. The van der Waals surface area contributed by atoms with Crippen molar-refractivity contribution in [3.63, 3.8) is 0 Å². The van der Waals surface area contributed by atoms with Crippen molar-refractivity contribution in [2.75, 3.05) is 5.32 Å². The summed E-state index contributed by atoms with van der Waals surface area (Å²) in [5.41, 5.74) is -0.418. The second kappa shape index (κ2) is 4.84. The first-order valence-electron chi connectivity index (χ1n) is 4.82. The first-order chi connectivity index (χ1) is 8.58. The van der Waals surface area contributed by atoms with Crippen LogP contribution in [-0.2, 0) is 0 Å². The van der Waals surface area contributed by atoms with Gasteiger partial charge in [-0.1, -0.05) is 11.6 Å². The third-order valence-electron chi connectivity index (χ3n) is 2.15. The third kappa shape index (κ3) is 2.46. The van der Waals surface area contributed by atoms with Crippen LogP contribution in [0.5, 0.6) is 0 Å². The highest BCUT2D eigenvalue weighted by Crippen LogP contribution is 2.23. The number of aromatic nitrogens is 2. The number of carbonyl (C=O) groups excluding carboxylic acids is 1. The number of aromatic amines is 1. The van der Waals surface area contributed by atoms with Gasteiger partial charge in [-0.25, -0.2) is 0 Å². The van der Waals surface area contributed by atoms with Gasteiger partial charge in [0.2, 0.25) is 0 Å². The standard InChI is InChI=1S/C10H7ClN4O3/c11-6-1-2-7(8(5-6)15(17)18)10(16)13-9-3-4-12-14-9/h1-5H,(H2,12,13,14,16). The minimum atomic E-state index is -0.659. The second-order valence-electron chi connectivity index (χ2n) is 3.34. The molecule has 1 aromatic carbocycles. The molecule has 0 atom stereocenters. The number of anilines is 1. The number of rotatable bonds is 3. The zero-order valence-electron chi connectivity index (χ0n) is 8.88. The molecule has 8 heteroatoms. The summed E-state index contributed by atoms with van der Waals surface area (Å²) in [6, 6.07) is 5.37. The Balaban J connectivity index is 2.32. The number of nitro benzene ring substituents is 1. The van der Waals surface area contributed by atoms with Gasteiger partial charge in [0.15, 0.2) is 0 Å². The molecule has 0 fully saturated rings. The van der Waals surface area contributed by atoms with E-state index in [0.29, 0.717) is 5.82 Å². The molecule has 2 rings (SSSR count). The molecule has 0 unspecified atom stereocenters. The SMILES string of the molecule is O=C(Nc1ccn[nH]1)c1ccc(Cl)cc1[N+](=O)[O-]. The molecule has 0 saturated carbocycles. The monoisotopic (exact) mass is 266 g/mol. The van der Waals surface area contributed by atoms with Crippen molar-refractivity contribution in [3.05, 3.63) is 51.2 Å². The highest BCUT2D eigenvalue weighted by Gasteiger charge is 2.20. The average molecular weight is 267 g/mol. The van der Waals surface area contributed by atoms with Crippen LogP contribution in [0.15, 0.2) is 30.5 Å². The lowest BCUT2D eigenvalue weighted by molar-refractivity contribution is -0.385. The summed E-state index contributed by atoms with van der Waals surface area (Å²) >= 11 is 5.66. The lowest BCUT2D eigenvalue weighted by Gasteiger charge is -2.03. The van der Waals surface area contributed by atoms with Crippen molar-refractivity contribution >= 4 is 29.0 Å². The normalized spacial score (nSPS) is 10.1. The highest BCUT2D eigenvalue weighted by atomic mass is 35.5. The van der Waals surface area contributed by atoms with Crippen molar-refractivity contribution in [2.45, 2.75) is 0 Å². The maximum atomic E-state index is 11.8. The zero-order valence-corrected chi connectivity index (χ0v) is 9.64. The Hall–Kier alpha value is -2.41. The Morgan fingerprint density at radius 1 is 1.44 bits per heavy atom. The van der Waals surface area contributed by atoms with Gasteiger partial charge in [0.05, 0.1) is 11.1 Å². The van der Waals surface area contributed by atoms with E-state index in [9.17, 15) is 14.9 Å². The first-order valence-corrected chi connectivity index (χ1v) is 5.20. The van der Waals surface area contributed by atoms with E-state index in [1.54, 1.807) is 0 Å². The molecule has 0 aliphatic carbocycles. The highest BCUT2D eigenvalue weighted by molar-refractivity contribution is 6.31. The Morgan fingerprint density at radius 3 is 2.83 bits per heavy atom. The van der Waals surface area contributed by atoms with Crippen molar-refractivity contribution in [2.24, 2.45) is 0 Å². The van der Waals surface area contributed by atoms with E-state index in [1.165, 1.54) is 24.4 Å². The number of benzene rings is 1. The molecule has 2 N–H and O–H groups in total. The maximum absolute atomic E-state index is 11.8. The number of nitro groups is 1. The number of nitrogens with one attached hydrogen (secondary N) is 2. The van der Waals surface area contributed by atoms with E-state index in [-0.39, 0.29) is 16.3 Å². The van der Waals surface area contributed by atoms with Crippen molar-refractivity contribution in [3.8, 4) is 0 Å². The fourth-order valence-electron chi connectivity index (χ4n) is 1.36. The number of carbonyl (C=O) groups is 1. The van der Waals surface area contributed by atoms with Crippen LogP contribution in [-0.4, -0.2) is 21.0 Å². The maximum Gasteiger partial charge on any atom is 0.283 e. The predicted molar refractivity (Wildman–Crippen MR) is 64.6 cm³/mol. The first kappa shape index (κ1) is 12.1. The molecule has 1 heterocycles. The molecule has 1 aromatic heterocycles. The largest absolute Gasteiger partial charge is 0.307 e. The van der Waals surface area contributed by atoms with E-state index in [2.05, 4.69) is 15.5 Å². The second-order valence-corrected chi connectivity index (χ2v) is 3.78. The van der Waals surface area contributed by atoms with Crippen LogP contribution in [0.25, 0.3) is 0 Å². The summed E-state index contributed by atoms with van der Waals surface area (Å²) in [5, 5.41) is 19.6. The van der Waals surface area contributed by atoms with E-state index in [4.69, 9.17) is 11.6 Å². The summed E-state index contributed by atoms with van der Waals surface area (Å²) in [5.74, 6) is -0.258. The molecule has 2 aromatic rings. The molecule has 0 bridgehead atoms. The Morgan fingerprint density at radius 2 is 2.22 bits per heavy atom. The summed E-state index contributed by atoms with van der Waals surface area (Å²) in [7, 11) is 0. The molecule has 0 radical (unpaired) electrons. The molecular weight excluding hydrogens is 260 g/mol. The van der Waals surface area contributed by atoms with Gasteiger partial charge in [-0.15, -0.1) is 0 Å². The minimum absolute atomic E-state index is 0.0704. The van der Waals surface area contributed by atoms with Gasteiger partial charge in [-0.3, -0.25) is 20.0 Å². The van der Waals surface area contributed by atoms with Gasteiger partial charge in [-0.05, 0) is 12.1 Å². The number of halogens is 1. The fraction of sp³-hybridized carbons (Fsp3) is 0. The van der Waals surface area contributed by atoms with E-state index < -0.39 is 10.8 Å². The number of H-pyrrole nitrogens is 1. The lowest BCUT2D eigenvalue weighted by Crippen LogP contribution is -2.14. The van der Waals surface area contributed by atoms with Gasteiger partial charge in [0.1, 0.15) is 11.4 Å². The fourth-order valence-corrected chi connectivity index (χ4v) is 1.53. The van der Waals surface area contributed by atoms with Crippen LogP contribution in [0.3, 0.4) is 0 Å². The van der Waals surface area contributed by atoms with Gasteiger partial charge < -0.3 is 5.32 Å². The molecular formula is C10H7ClN4O3. The van der Waals surface area contributed by atoms with E-state index >= 15 is 0 Å². The van der Waals surface area contributed by atoms with Gasteiger partial charge >= 0.3 is 0 Å². The zero-order chi connectivity index (χ0) is 13.1. The predicted octanol–water partition coefficient (Wildman–Crippen LogP) is 2.22. The van der Waals surface area contributed by atoms with E-state index in [0.717, 1.165) is 6.07 Å². The van der Waals surface area contributed by atoms with Gasteiger partial charge in [0.25, 0.3) is 11.6 Å². The summed E-state index contributed by atoms with van der Waals surface area (Å²) in [6.45, 7) is 0. The van der Waals surface area contributed by atoms with Crippen LogP contribution < -0.4 is 5.32 Å². The van der Waals surface area contributed by atoms with Crippen molar-refractivity contribution < 1.29 is 9.72 Å². The molecule has 18 heavy (non-hydrogen) atoms. The third-order valence-corrected chi connectivity index (χ3v) is 2.39. The molecule has 92 valence electrons. The number of hydrogen-bond donors (Lipinski definition) is 2. The van der Waals surface area contributed by atoms with Crippen LogP contribution in [0, 0.1) is 10.1 Å². The Labute approximate surface area is 106 Å². The number of hydrogen-bond acceptors (Lipinski definition) is 4. The molecule has 0 aliphatic rings. The smallest absolute Gasteiger partial charge is 0.283 e. The van der Waals surface area contributed by atoms with E-state index in [1.807, 2.05) is 0 Å².